The first kappa shape index (κ1) is 13.0. The second-order valence-electron chi connectivity index (χ2n) is 3.91. The number of rotatable bonds is 6. The van der Waals surface area contributed by atoms with E-state index in [1.807, 2.05) is 20.8 Å². The highest BCUT2D eigenvalue weighted by atomic mass is 32.1. The Morgan fingerprint density at radius 2 is 2.25 bits per heavy atom. The highest BCUT2D eigenvalue weighted by molar-refractivity contribution is 7.15. The van der Waals surface area contributed by atoms with Crippen molar-refractivity contribution in [2.45, 2.75) is 33.6 Å². The molecular formula is C11H18N2O2S. The van der Waals surface area contributed by atoms with Gasteiger partial charge in [0.15, 0.2) is 5.13 Å². The van der Waals surface area contributed by atoms with Crippen LogP contribution in [0.3, 0.4) is 0 Å². The van der Waals surface area contributed by atoms with Crippen molar-refractivity contribution in [3.05, 3.63) is 10.6 Å². The van der Waals surface area contributed by atoms with E-state index in [0.29, 0.717) is 6.54 Å². The second kappa shape index (κ2) is 5.84. The summed E-state index contributed by atoms with van der Waals surface area (Å²) >= 11 is 1.62. The number of nitrogens with zero attached hydrogens (tertiary/aromatic N) is 1. The molecule has 1 aromatic rings. The molecule has 1 rings (SSSR count). The summed E-state index contributed by atoms with van der Waals surface area (Å²) in [6.45, 7) is 6.70. The zero-order valence-corrected chi connectivity index (χ0v) is 10.7. The van der Waals surface area contributed by atoms with E-state index in [1.54, 1.807) is 11.3 Å². The molecule has 0 radical (unpaired) electrons. The van der Waals surface area contributed by atoms with E-state index in [-0.39, 0.29) is 12.3 Å². The van der Waals surface area contributed by atoms with Gasteiger partial charge in [-0.1, -0.05) is 13.3 Å². The first-order chi connectivity index (χ1) is 7.52. The smallest absolute Gasteiger partial charge is 0.303 e. The molecule has 0 saturated heterocycles. The minimum absolute atomic E-state index is 0.169. The zero-order valence-electron chi connectivity index (χ0n) is 9.91. The monoisotopic (exact) mass is 242 g/mol. The summed E-state index contributed by atoms with van der Waals surface area (Å²) in [6.07, 6.45) is 1.08. The minimum atomic E-state index is -0.736. The number of anilines is 1. The molecule has 0 spiro atoms. The molecule has 0 aliphatic carbocycles. The maximum Gasteiger partial charge on any atom is 0.303 e. The van der Waals surface area contributed by atoms with E-state index in [1.165, 1.54) is 4.88 Å². The van der Waals surface area contributed by atoms with Crippen LogP contribution in [0.1, 0.15) is 30.3 Å². The molecule has 1 aromatic heterocycles. The van der Waals surface area contributed by atoms with Crippen molar-refractivity contribution in [3.63, 3.8) is 0 Å². The molecule has 0 amide bonds. The van der Waals surface area contributed by atoms with Crippen LogP contribution in [0.15, 0.2) is 0 Å². The third kappa shape index (κ3) is 3.81. The first-order valence-corrected chi connectivity index (χ1v) is 6.24. The van der Waals surface area contributed by atoms with Crippen molar-refractivity contribution in [2.75, 3.05) is 11.9 Å². The molecule has 90 valence electrons. The summed E-state index contributed by atoms with van der Waals surface area (Å²) < 4.78 is 0. The predicted octanol–water partition coefficient (Wildman–Crippen LogP) is 2.67. The molecule has 0 saturated carbocycles. The lowest BCUT2D eigenvalue weighted by molar-refractivity contribution is -0.138. The Kier molecular flexibility index (Phi) is 4.73. The molecule has 4 nitrogen and oxygen atoms in total. The number of carbonyl (C=O) groups is 1. The number of hydrogen-bond donors (Lipinski definition) is 2. The van der Waals surface area contributed by atoms with E-state index in [9.17, 15) is 4.79 Å². The lowest BCUT2D eigenvalue weighted by Gasteiger charge is -2.12. The van der Waals surface area contributed by atoms with Crippen LogP contribution in [0.5, 0.6) is 0 Å². The van der Waals surface area contributed by atoms with Crippen LogP contribution in [0.2, 0.25) is 0 Å². The maximum absolute atomic E-state index is 10.6. The summed E-state index contributed by atoms with van der Waals surface area (Å²) in [5, 5.41) is 12.8. The largest absolute Gasteiger partial charge is 0.481 e. The van der Waals surface area contributed by atoms with Gasteiger partial charge in [0.2, 0.25) is 0 Å². The molecule has 0 fully saturated rings. The highest BCUT2D eigenvalue weighted by Gasteiger charge is 2.12. The fourth-order valence-corrected chi connectivity index (χ4v) is 2.21. The summed E-state index contributed by atoms with van der Waals surface area (Å²) in [5.41, 5.74) is 1.04. The Hall–Kier alpha value is -1.10. The molecule has 2 N–H and O–H groups in total. The molecule has 16 heavy (non-hydrogen) atoms. The standard InChI is InChI=1S/C11H18N2O2S/c1-4-9(5-10(14)15)6-12-11-13-7(2)8(3)16-11/h9H,4-6H2,1-3H3,(H,12,13)(H,14,15). The Morgan fingerprint density at radius 1 is 1.56 bits per heavy atom. The average Bonchev–Trinajstić information content (AvgIpc) is 2.53. The van der Waals surface area contributed by atoms with Gasteiger partial charge in [-0.05, 0) is 19.8 Å². The quantitative estimate of drug-likeness (QED) is 0.805. The zero-order chi connectivity index (χ0) is 12.1. The van der Waals surface area contributed by atoms with E-state index in [0.717, 1.165) is 17.2 Å². The van der Waals surface area contributed by atoms with Crippen molar-refractivity contribution >= 4 is 22.4 Å². The number of carboxylic acids is 1. The van der Waals surface area contributed by atoms with Crippen molar-refractivity contribution in [1.82, 2.24) is 4.98 Å². The van der Waals surface area contributed by atoms with Gasteiger partial charge in [0.1, 0.15) is 0 Å². The number of carboxylic acid groups (broad SMARTS) is 1. The molecule has 0 aliphatic heterocycles. The normalized spacial score (nSPS) is 12.4. The van der Waals surface area contributed by atoms with Crippen molar-refractivity contribution in [3.8, 4) is 0 Å². The van der Waals surface area contributed by atoms with Crippen LogP contribution in [-0.2, 0) is 4.79 Å². The van der Waals surface area contributed by atoms with Gasteiger partial charge in [0.25, 0.3) is 0 Å². The summed E-state index contributed by atoms with van der Waals surface area (Å²) in [6, 6.07) is 0. The first-order valence-electron chi connectivity index (χ1n) is 5.42. The fraction of sp³-hybridized carbons (Fsp3) is 0.636. The van der Waals surface area contributed by atoms with Gasteiger partial charge in [-0.25, -0.2) is 4.98 Å². The van der Waals surface area contributed by atoms with E-state index in [2.05, 4.69) is 10.3 Å². The van der Waals surface area contributed by atoms with Crippen LogP contribution in [-0.4, -0.2) is 22.6 Å². The number of thiazole rings is 1. The molecule has 5 heteroatoms. The van der Waals surface area contributed by atoms with Crippen molar-refractivity contribution < 1.29 is 9.90 Å². The van der Waals surface area contributed by atoms with E-state index < -0.39 is 5.97 Å². The third-order valence-electron chi connectivity index (χ3n) is 2.61. The Morgan fingerprint density at radius 3 is 2.69 bits per heavy atom. The van der Waals surface area contributed by atoms with Gasteiger partial charge in [-0.3, -0.25) is 4.79 Å². The molecule has 0 aliphatic rings. The van der Waals surface area contributed by atoms with Crippen LogP contribution in [0.4, 0.5) is 5.13 Å². The third-order valence-corrected chi connectivity index (χ3v) is 3.64. The molecular weight excluding hydrogens is 224 g/mol. The molecule has 0 aromatic carbocycles. The molecule has 1 heterocycles. The van der Waals surface area contributed by atoms with Gasteiger partial charge in [0, 0.05) is 17.8 Å². The van der Waals surface area contributed by atoms with Gasteiger partial charge < -0.3 is 10.4 Å². The maximum atomic E-state index is 10.6. The number of aromatic nitrogens is 1. The Bertz CT molecular complexity index is 343. The van der Waals surface area contributed by atoms with Crippen molar-refractivity contribution in [2.24, 2.45) is 5.92 Å². The molecule has 1 unspecified atom stereocenters. The van der Waals surface area contributed by atoms with Crippen LogP contribution in [0, 0.1) is 19.8 Å². The Labute approximate surface area is 99.7 Å². The van der Waals surface area contributed by atoms with Crippen LogP contribution < -0.4 is 5.32 Å². The van der Waals surface area contributed by atoms with Crippen molar-refractivity contribution in [1.29, 1.82) is 0 Å². The number of hydrogen-bond acceptors (Lipinski definition) is 4. The lowest BCUT2D eigenvalue weighted by atomic mass is 10.0. The van der Waals surface area contributed by atoms with Gasteiger partial charge in [0.05, 0.1) is 5.69 Å². The number of nitrogens with one attached hydrogen (secondary N) is 1. The summed E-state index contributed by atoms with van der Waals surface area (Å²) in [5.74, 6) is -0.567. The SMILES string of the molecule is CCC(CNc1nc(C)c(C)s1)CC(=O)O. The van der Waals surface area contributed by atoms with E-state index >= 15 is 0 Å². The summed E-state index contributed by atoms with van der Waals surface area (Å²) in [4.78, 5) is 16.2. The van der Waals surface area contributed by atoms with E-state index in [4.69, 9.17) is 5.11 Å². The topological polar surface area (TPSA) is 62.2 Å². The number of aryl methyl sites for hydroxylation is 2. The van der Waals surface area contributed by atoms with Gasteiger partial charge >= 0.3 is 5.97 Å². The minimum Gasteiger partial charge on any atom is -0.481 e. The predicted molar refractivity (Wildman–Crippen MR) is 66.1 cm³/mol. The number of aliphatic carboxylic acids is 1. The highest BCUT2D eigenvalue weighted by Crippen LogP contribution is 2.21. The van der Waals surface area contributed by atoms with Crippen LogP contribution in [0.25, 0.3) is 0 Å². The lowest BCUT2D eigenvalue weighted by Crippen LogP contribution is -2.17. The summed E-state index contributed by atoms with van der Waals surface area (Å²) in [7, 11) is 0. The molecule has 1 atom stereocenters. The van der Waals surface area contributed by atoms with Gasteiger partial charge in [-0.2, -0.15) is 0 Å². The fourth-order valence-electron chi connectivity index (χ4n) is 1.39. The second-order valence-corrected chi connectivity index (χ2v) is 5.12. The Balaban J connectivity index is 2.46. The average molecular weight is 242 g/mol. The van der Waals surface area contributed by atoms with Gasteiger partial charge in [-0.15, -0.1) is 11.3 Å². The molecule has 0 bridgehead atoms. The van der Waals surface area contributed by atoms with Crippen LogP contribution >= 0.6 is 11.3 Å².